The second-order valence-corrected chi connectivity index (χ2v) is 6.41. The fourth-order valence-corrected chi connectivity index (χ4v) is 3.31. The second-order valence-electron chi connectivity index (χ2n) is 6.41. The zero-order valence-electron chi connectivity index (χ0n) is 11.3. The standard InChI is InChI=1S/C14H27NO/c1-13(2)12(10-14(13,3)16-4)15-11-8-6-5-7-9-11/h11-12,15H,5-10H2,1-4H3. The van der Waals surface area contributed by atoms with Crippen molar-refractivity contribution >= 4 is 0 Å². The van der Waals surface area contributed by atoms with E-state index >= 15 is 0 Å². The van der Waals surface area contributed by atoms with E-state index in [9.17, 15) is 0 Å². The smallest absolute Gasteiger partial charge is 0.0731 e. The quantitative estimate of drug-likeness (QED) is 0.797. The van der Waals surface area contributed by atoms with Gasteiger partial charge in [-0.15, -0.1) is 0 Å². The lowest BCUT2D eigenvalue weighted by atomic mass is 9.55. The summed E-state index contributed by atoms with van der Waals surface area (Å²) in [5.74, 6) is 0. The molecule has 0 amide bonds. The Morgan fingerprint density at radius 3 is 2.19 bits per heavy atom. The van der Waals surface area contributed by atoms with E-state index in [4.69, 9.17) is 4.74 Å². The van der Waals surface area contributed by atoms with Crippen molar-refractivity contribution in [2.24, 2.45) is 5.41 Å². The van der Waals surface area contributed by atoms with Crippen molar-refractivity contribution in [3.8, 4) is 0 Å². The van der Waals surface area contributed by atoms with E-state index in [2.05, 4.69) is 26.1 Å². The highest BCUT2D eigenvalue weighted by atomic mass is 16.5. The molecule has 0 aromatic carbocycles. The van der Waals surface area contributed by atoms with Gasteiger partial charge in [-0.05, 0) is 26.2 Å². The maximum atomic E-state index is 5.67. The van der Waals surface area contributed by atoms with Gasteiger partial charge >= 0.3 is 0 Å². The summed E-state index contributed by atoms with van der Waals surface area (Å²) in [4.78, 5) is 0. The Labute approximate surface area is 100 Å². The summed E-state index contributed by atoms with van der Waals surface area (Å²) in [6.07, 6.45) is 8.15. The first-order chi connectivity index (χ1) is 7.49. The molecule has 2 heteroatoms. The van der Waals surface area contributed by atoms with Crippen LogP contribution in [0.1, 0.15) is 59.3 Å². The van der Waals surface area contributed by atoms with E-state index in [-0.39, 0.29) is 11.0 Å². The Balaban J connectivity index is 1.88. The summed E-state index contributed by atoms with van der Waals surface area (Å²) in [6, 6.07) is 1.40. The van der Waals surface area contributed by atoms with Gasteiger partial charge in [-0.25, -0.2) is 0 Å². The molecule has 2 aliphatic carbocycles. The molecule has 0 saturated heterocycles. The molecule has 0 aliphatic heterocycles. The molecule has 94 valence electrons. The van der Waals surface area contributed by atoms with Gasteiger partial charge in [0.1, 0.15) is 0 Å². The third kappa shape index (κ3) is 1.91. The van der Waals surface area contributed by atoms with Gasteiger partial charge in [0.05, 0.1) is 5.60 Å². The molecule has 2 nitrogen and oxygen atoms in total. The van der Waals surface area contributed by atoms with Crippen molar-refractivity contribution in [1.82, 2.24) is 5.32 Å². The number of ether oxygens (including phenoxy) is 1. The molecule has 0 radical (unpaired) electrons. The van der Waals surface area contributed by atoms with Gasteiger partial charge in [0, 0.05) is 24.6 Å². The van der Waals surface area contributed by atoms with Crippen LogP contribution < -0.4 is 5.32 Å². The second kappa shape index (κ2) is 4.30. The Morgan fingerprint density at radius 2 is 1.69 bits per heavy atom. The molecule has 2 rings (SSSR count). The molecule has 2 fully saturated rings. The first-order valence-electron chi connectivity index (χ1n) is 6.81. The monoisotopic (exact) mass is 225 g/mol. The maximum Gasteiger partial charge on any atom is 0.0731 e. The van der Waals surface area contributed by atoms with E-state index in [1.165, 1.54) is 32.1 Å². The van der Waals surface area contributed by atoms with Crippen molar-refractivity contribution < 1.29 is 4.74 Å². The fraction of sp³-hybridized carbons (Fsp3) is 1.00. The van der Waals surface area contributed by atoms with Crippen molar-refractivity contribution in [2.45, 2.75) is 77.0 Å². The largest absolute Gasteiger partial charge is 0.378 e. The average molecular weight is 225 g/mol. The lowest BCUT2D eigenvalue weighted by Crippen LogP contribution is -2.69. The predicted molar refractivity (Wildman–Crippen MR) is 67.6 cm³/mol. The Kier molecular flexibility index (Phi) is 3.33. The Hall–Kier alpha value is -0.0800. The predicted octanol–water partition coefficient (Wildman–Crippen LogP) is 3.11. The molecule has 2 atom stereocenters. The van der Waals surface area contributed by atoms with Crippen molar-refractivity contribution in [2.75, 3.05) is 7.11 Å². The number of hydrogen-bond donors (Lipinski definition) is 1. The normalized spacial score (nSPS) is 39.4. The third-order valence-corrected chi connectivity index (χ3v) is 5.32. The molecular formula is C14H27NO. The first-order valence-corrected chi connectivity index (χ1v) is 6.81. The van der Waals surface area contributed by atoms with Gasteiger partial charge in [-0.2, -0.15) is 0 Å². The highest BCUT2D eigenvalue weighted by molar-refractivity contribution is 5.11. The molecule has 1 N–H and O–H groups in total. The first kappa shape index (κ1) is 12.4. The minimum absolute atomic E-state index is 0.0688. The molecule has 0 spiro atoms. The molecule has 0 aromatic rings. The lowest BCUT2D eigenvalue weighted by Gasteiger charge is -2.60. The molecule has 2 aliphatic rings. The van der Waals surface area contributed by atoms with E-state index in [0.29, 0.717) is 6.04 Å². The summed E-state index contributed by atoms with van der Waals surface area (Å²) >= 11 is 0. The summed E-state index contributed by atoms with van der Waals surface area (Å²) in [7, 11) is 1.85. The highest BCUT2D eigenvalue weighted by Crippen LogP contribution is 2.51. The van der Waals surface area contributed by atoms with E-state index in [1.807, 2.05) is 7.11 Å². The molecular weight excluding hydrogens is 198 g/mol. The highest BCUT2D eigenvalue weighted by Gasteiger charge is 2.57. The van der Waals surface area contributed by atoms with Gasteiger partial charge < -0.3 is 10.1 Å². The number of methoxy groups -OCH3 is 1. The van der Waals surface area contributed by atoms with Crippen LogP contribution in [0.25, 0.3) is 0 Å². The summed E-state index contributed by atoms with van der Waals surface area (Å²) in [5.41, 5.74) is 0.332. The van der Waals surface area contributed by atoms with Gasteiger partial charge in [0.25, 0.3) is 0 Å². The minimum atomic E-state index is 0.0688. The van der Waals surface area contributed by atoms with Gasteiger partial charge in [-0.1, -0.05) is 33.1 Å². The van der Waals surface area contributed by atoms with Crippen LogP contribution in [-0.4, -0.2) is 24.8 Å². The van der Waals surface area contributed by atoms with Crippen LogP contribution in [0.4, 0.5) is 0 Å². The molecule has 0 bridgehead atoms. The summed E-state index contributed by atoms with van der Waals surface area (Å²) in [5, 5.41) is 3.86. The summed E-state index contributed by atoms with van der Waals surface area (Å²) in [6.45, 7) is 6.91. The van der Waals surface area contributed by atoms with Crippen LogP contribution in [0.5, 0.6) is 0 Å². The van der Waals surface area contributed by atoms with Crippen LogP contribution in [0, 0.1) is 5.41 Å². The number of rotatable bonds is 3. The van der Waals surface area contributed by atoms with Crippen LogP contribution in [-0.2, 0) is 4.74 Å². The van der Waals surface area contributed by atoms with Gasteiger partial charge in [-0.3, -0.25) is 0 Å². The molecule has 16 heavy (non-hydrogen) atoms. The third-order valence-electron chi connectivity index (χ3n) is 5.32. The van der Waals surface area contributed by atoms with E-state index in [1.54, 1.807) is 0 Å². The van der Waals surface area contributed by atoms with Crippen LogP contribution in [0.15, 0.2) is 0 Å². The zero-order chi connectivity index (χ0) is 11.8. The van der Waals surface area contributed by atoms with Gasteiger partial charge in [0.2, 0.25) is 0 Å². The zero-order valence-corrected chi connectivity index (χ0v) is 11.3. The van der Waals surface area contributed by atoms with Crippen molar-refractivity contribution in [1.29, 1.82) is 0 Å². The van der Waals surface area contributed by atoms with Gasteiger partial charge in [0.15, 0.2) is 0 Å². The number of hydrogen-bond acceptors (Lipinski definition) is 2. The maximum absolute atomic E-state index is 5.67. The topological polar surface area (TPSA) is 21.3 Å². The van der Waals surface area contributed by atoms with Crippen LogP contribution in [0.2, 0.25) is 0 Å². The molecule has 0 heterocycles. The Morgan fingerprint density at radius 1 is 1.06 bits per heavy atom. The number of nitrogens with one attached hydrogen (secondary N) is 1. The van der Waals surface area contributed by atoms with Crippen LogP contribution >= 0.6 is 0 Å². The minimum Gasteiger partial charge on any atom is -0.378 e. The van der Waals surface area contributed by atoms with Crippen LogP contribution in [0.3, 0.4) is 0 Å². The Bertz CT molecular complexity index is 245. The molecule has 0 aromatic heterocycles. The average Bonchev–Trinajstić information content (AvgIpc) is 2.29. The molecule has 2 saturated carbocycles. The fourth-order valence-electron chi connectivity index (χ4n) is 3.31. The van der Waals surface area contributed by atoms with E-state index in [0.717, 1.165) is 12.5 Å². The SMILES string of the molecule is COC1(C)CC(NC2CCCCC2)C1(C)C. The van der Waals surface area contributed by atoms with Crippen molar-refractivity contribution in [3.05, 3.63) is 0 Å². The summed E-state index contributed by atoms with van der Waals surface area (Å²) < 4.78 is 5.67. The van der Waals surface area contributed by atoms with Crippen molar-refractivity contribution in [3.63, 3.8) is 0 Å². The molecule has 2 unspecified atom stereocenters. The lowest BCUT2D eigenvalue weighted by molar-refractivity contribution is -0.182. The van der Waals surface area contributed by atoms with E-state index < -0.39 is 0 Å².